The fourth-order valence-electron chi connectivity index (χ4n) is 6.58. The normalized spacial score (nSPS) is 44.8. The summed E-state index contributed by atoms with van der Waals surface area (Å²) < 4.78 is 5.91. The van der Waals surface area contributed by atoms with E-state index in [9.17, 15) is 9.59 Å². The van der Waals surface area contributed by atoms with Crippen molar-refractivity contribution in [3.63, 3.8) is 0 Å². The first-order chi connectivity index (χ1) is 12.2. The second-order valence-corrected chi connectivity index (χ2v) is 9.23. The molecule has 0 saturated heterocycles. The number of ketones is 1. The third-order valence-electron chi connectivity index (χ3n) is 8.25. The molecule has 2 bridgehead atoms. The maximum absolute atomic E-state index is 13.1. The highest BCUT2D eigenvalue weighted by Gasteiger charge is 2.67. The van der Waals surface area contributed by atoms with E-state index in [4.69, 9.17) is 16.3 Å². The van der Waals surface area contributed by atoms with Crippen molar-refractivity contribution in [1.29, 1.82) is 0 Å². The number of Topliss-reactive ketones (excluding diaryl/α,β-unsaturated/α-hetero) is 1. The van der Waals surface area contributed by atoms with E-state index in [0.29, 0.717) is 30.5 Å². The average Bonchev–Trinajstić information content (AvgIpc) is 2.96. The molecule has 0 unspecified atom stereocenters. The fourth-order valence-corrected chi connectivity index (χ4v) is 6.64. The lowest BCUT2D eigenvalue weighted by Crippen LogP contribution is -2.55. The van der Waals surface area contributed by atoms with Gasteiger partial charge in [-0.15, -0.1) is 11.6 Å². The van der Waals surface area contributed by atoms with Crippen molar-refractivity contribution in [2.75, 3.05) is 5.88 Å². The number of allylic oxidation sites excluding steroid dienone is 2. The van der Waals surface area contributed by atoms with Gasteiger partial charge in [-0.2, -0.15) is 0 Å². The van der Waals surface area contributed by atoms with Crippen molar-refractivity contribution in [3.05, 3.63) is 24.8 Å². The minimum Gasteiger partial charge on any atom is -0.461 e. The summed E-state index contributed by atoms with van der Waals surface area (Å²) in [6.45, 7) is 14.8. The molecule has 3 saturated carbocycles. The molecular weight excluding hydrogens is 348 g/mol. The first-order valence-electron chi connectivity index (χ1n) is 9.81. The van der Waals surface area contributed by atoms with Gasteiger partial charge < -0.3 is 4.74 Å². The van der Waals surface area contributed by atoms with E-state index in [1.165, 1.54) is 0 Å². The quantitative estimate of drug-likeness (QED) is 0.395. The van der Waals surface area contributed by atoms with Gasteiger partial charge >= 0.3 is 5.97 Å². The van der Waals surface area contributed by atoms with Gasteiger partial charge in [-0.05, 0) is 48.9 Å². The Kier molecular flexibility index (Phi) is 5.16. The van der Waals surface area contributed by atoms with Crippen LogP contribution in [0.2, 0.25) is 0 Å². The molecule has 4 heteroatoms. The van der Waals surface area contributed by atoms with Crippen molar-refractivity contribution in [2.24, 2.45) is 34.5 Å². The summed E-state index contributed by atoms with van der Waals surface area (Å²) in [5.74, 6) is 0.542. The Balaban J connectivity index is 2.16. The van der Waals surface area contributed by atoms with Crippen molar-refractivity contribution >= 4 is 23.4 Å². The van der Waals surface area contributed by atoms with Crippen LogP contribution in [0.15, 0.2) is 24.8 Å². The van der Waals surface area contributed by atoms with E-state index in [0.717, 1.165) is 24.8 Å². The minimum absolute atomic E-state index is 0.0168. The number of carbonyl (C=O) groups is 2. The summed E-state index contributed by atoms with van der Waals surface area (Å²) in [6, 6.07) is 0. The molecule has 26 heavy (non-hydrogen) atoms. The van der Waals surface area contributed by atoms with Crippen molar-refractivity contribution in [1.82, 2.24) is 0 Å². The second-order valence-electron chi connectivity index (χ2n) is 8.96. The molecule has 0 aromatic heterocycles. The van der Waals surface area contributed by atoms with Gasteiger partial charge in [0.15, 0.2) is 0 Å². The van der Waals surface area contributed by atoms with Crippen LogP contribution in [0.1, 0.15) is 52.9 Å². The van der Waals surface area contributed by atoms with E-state index in [2.05, 4.69) is 33.9 Å². The molecule has 0 N–H and O–H groups in total. The van der Waals surface area contributed by atoms with Crippen LogP contribution in [0.5, 0.6) is 0 Å². The second kappa shape index (κ2) is 6.82. The number of ether oxygens (including phenoxy) is 1. The fraction of sp³-hybridized carbons (Fsp3) is 0.727. The molecule has 3 nitrogen and oxygen atoms in total. The lowest BCUT2D eigenvalue weighted by molar-refractivity contribution is -0.172. The molecule has 0 radical (unpaired) electrons. The SMILES string of the molecule is C=CC(=C)[C@@H]1C[C@@H](OC(=O)CCl)[C@]2(C)[C@H](C)CC[C@]3(CCC(=O)[C@H]32)[C@H]1C. The van der Waals surface area contributed by atoms with Gasteiger partial charge in [0, 0.05) is 17.8 Å². The number of hydrogen-bond donors (Lipinski definition) is 0. The summed E-state index contributed by atoms with van der Waals surface area (Å²) in [5, 5.41) is 0. The van der Waals surface area contributed by atoms with Gasteiger partial charge in [0.05, 0.1) is 0 Å². The molecule has 0 aromatic carbocycles. The number of halogens is 1. The summed E-state index contributed by atoms with van der Waals surface area (Å²) in [7, 11) is 0. The third-order valence-corrected chi connectivity index (χ3v) is 8.47. The van der Waals surface area contributed by atoms with Gasteiger partial charge in [-0.25, -0.2) is 0 Å². The maximum atomic E-state index is 13.1. The molecule has 0 aliphatic heterocycles. The highest BCUT2D eigenvalue weighted by Crippen LogP contribution is 2.68. The lowest BCUT2D eigenvalue weighted by Gasteiger charge is -2.55. The van der Waals surface area contributed by atoms with Crippen LogP contribution in [-0.4, -0.2) is 23.7 Å². The Labute approximate surface area is 162 Å². The molecule has 144 valence electrons. The molecule has 0 amide bonds. The Bertz CT molecular complexity index is 641. The largest absolute Gasteiger partial charge is 0.461 e. The smallest absolute Gasteiger partial charge is 0.321 e. The van der Waals surface area contributed by atoms with Gasteiger partial charge in [0.1, 0.15) is 17.8 Å². The number of carbonyl (C=O) groups excluding carboxylic acids is 2. The first-order valence-corrected chi connectivity index (χ1v) is 10.3. The van der Waals surface area contributed by atoms with Crippen LogP contribution < -0.4 is 0 Å². The molecule has 3 aliphatic rings. The maximum Gasteiger partial charge on any atom is 0.321 e. The average molecular weight is 379 g/mol. The van der Waals surface area contributed by atoms with E-state index < -0.39 is 5.97 Å². The van der Waals surface area contributed by atoms with Crippen molar-refractivity contribution in [2.45, 2.75) is 59.0 Å². The number of rotatable bonds is 4. The Morgan fingerprint density at radius 1 is 1.38 bits per heavy atom. The molecule has 0 aromatic rings. The molecule has 0 spiro atoms. The van der Waals surface area contributed by atoms with Gasteiger partial charge in [0.2, 0.25) is 0 Å². The zero-order valence-electron chi connectivity index (χ0n) is 16.2. The minimum atomic E-state index is -0.399. The van der Waals surface area contributed by atoms with Crippen LogP contribution in [-0.2, 0) is 14.3 Å². The Hall–Kier alpha value is -1.09. The summed E-state index contributed by atoms with van der Waals surface area (Å²) >= 11 is 5.75. The molecule has 7 atom stereocenters. The topological polar surface area (TPSA) is 43.4 Å². The molecule has 3 fully saturated rings. The van der Waals surface area contributed by atoms with E-state index in [-0.39, 0.29) is 34.6 Å². The number of alkyl halides is 1. The molecule has 3 aliphatic carbocycles. The van der Waals surface area contributed by atoms with Crippen LogP contribution in [0, 0.1) is 34.5 Å². The third kappa shape index (κ3) is 2.61. The highest BCUT2D eigenvalue weighted by atomic mass is 35.5. The van der Waals surface area contributed by atoms with Crippen LogP contribution in [0.3, 0.4) is 0 Å². The van der Waals surface area contributed by atoms with Crippen molar-refractivity contribution in [3.8, 4) is 0 Å². The predicted molar refractivity (Wildman–Crippen MR) is 104 cm³/mol. The van der Waals surface area contributed by atoms with Crippen LogP contribution >= 0.6 is 11.6 Å². The monoisotopic (exact) mass is 378 g/mol. The van der Waals surface area contributed by atoms with Gasteiger partial charge in [-0.1, -0.05) is 45.6 Å². The van der Waals surface area contributed by atoms with Crippen LogP contribution in [0.4, 0.5) is 0 Å². The molecular formula is C22H31ClO3. The van der Waals surface area contributed by atoms with E-state index in [1.54, 1.807) is 0 Å². The van der Waals surface area contributed by atoms with Crippen LogP contribution in [0.25, 0.3) is 0 Å². The van der Waals surface area contributed by atoms with E-state index in [1.807, 2.05) is 6.08 Å². The number of esters is 1. The summed E-state index contributed by atoms with van der Waals surface area (Å²) in [6.07, 6.45) is 5.91. The predicted octanol–water partition coefficient (Wildman–Crippen LogP) is 4.94. The lowest BCUT2D eigenvalue weighted by atomic mass is 9.49. The Morgan fingerprint density at radius 3 is 2.69 bits per heavy atom. The first kappa shape index (κ1) is 19.7. The van der Waals surface area contributed by atoms with Gasteiger partial charge in [-0.3, -0.25) is 9.59 Å². The van der Waals surface area contributed by atoms with Gasteiger partial charge in [0.25, 0.3) is 0 Å². The Morgan fingerprint density at radius 2 is 2.08 bits per heavy atom. The highest BCUT2D eigenvalue weighted by molar-refractivity contribution is 6.26. The molecule has 0 heterocycles. The molecule has 3 rings (SSSR count). The summed E-state index contributed by atoms with van der Waals surface area (Å²) in [5.41, 5.74) is 0.621. The zero-order valence-corrected chi connectivity index (χ0v) is 17.0. The van der Waals surface area contributed by atoms with Crippen molar-refractivity contribution < 1.29 is 14.3 Å². The standard InChI is InChI=1S/C22H31ClO3/c1-6-13(2)16-11-18(26-19(25)12-23)21(5)14(3)7-9-22(15(16)4)10-8-17(24)20(21)22/h6,14-16,18,20H,1-2,7-12H2,3-5H3/t14-,15+,16+,18-,20+,21+,22+/m1/s1. The number of hydrogen-bond acceptors (Lipinski definition) is 3. The summed E-state index contributed by atoms with van der Waals surface area (Å²) in [4.78, 5) is 25.2. The van der Waals surface area contributed by atoms with E-state index >= 15 is 0 Å². The zero-order chi connectivity index (χ0) is 19.3.